The number of sulfonamides is 1. The third-order valence-corrected chi connectivity index (χ3v) is 10.00. The van der Waals surface area contributed by atoms with Crippen LogP contribution >= 0.6 is 0 Å². The number of rotatable bonds is 8. The molecule has 4 aromatic rings. The van der Waals surface area contributed by atoms with Gasteiger partial charge in [-0.15, -0.1) is 0 Å². The molecule has 0 aliphatic carbocycles. The van der Waals surface area contributed by atoms with E-state index < -0.39 is 21.8 Å². The summed E-state index contributed by atoms with van der Waals surface area (Å²) in [5, 5.41) is 14.8. The van der Waals surface area contributed by atoms with Crippen LogP contribution in [0.25, 0.3) is 23.0 Å². The number of morpholine rings is 1. The lowest BCUT2D eigenvalue weighted by atomic mass is 9.93. The predicted molar refractivity (Wildman–Crippen MR) is 173 cm³/mol. The molecule has 47 heavy (non-hydrogen) atoms. The average molecular weight is 650 g/mol. The van der Waals surface area contributed by atoms with Crippen LogP contribution in [-0.2, 0) is 30.9 Å². The maximum absolute atomic E-state index is 14.0. The molecular weight excluding hydrogens is 618 g/mol. The first-order valence-electron chi connectivity index (χ1n) is 14.9. The number of aromatic nitrogens is 2. The Kier molecular flexibility index (Phi) is 8.86. The van der Waals surface area contributed by atoms with E-state index in [2.05, 4.69) is 0 Å². The second-order valence-electron chi connectivity index (χ2n) is 11.0. The number of nitriles is 1. The van der Waals surface area contributed by atoms with Crippen LogP contribution in [0.2, 0.25) is 0 Å². The highest BCUT2D eigenvalue weighted by molar-refractivity contribution is 7.89. The number of carbonyl (C=O) groups excluding carboxylic acids is 2. The van der Waals surface area contributed by atoms with Crippen LogP contribution in [0.4, 0.5) is 0 Å². The molecule has 1 fully saturated rings. The maximum Gasteiger partial charge on any atom is 0.271 e. The van der Waals surface area contributed by atoms with Crippen LogP contribution in [0.3, 0.4) is 0 Å². The zero-order chi connectivity index (χ0) is 33.1. The molecule has 1 aromatic heterocycles. The van der Waals surface area contributed by atoms with E-state index in [1.807, 2.05) is 36.4 Å². The number of amides is 2. The largest absolute Gasteiger partial charge is 0.497 e. The lowest BCUT2D eigenvalue weighted by Gasteiger charge is -2.27. The van der Waals surface area contributed by atoms with E-state index >= 15 is 0 Å². The highest BCUT2D eigenvalue weighted by atomic mass is 32.2. The molecule has 0 bridgehead atoms. The fourth-order valence-corrected chi connectivity index (χ4v) is 6.97. The van der Waals surface area contributed by atoms with Crippen LogP contribution in [0.1, 0.15) is 18.1 Å². The molecule has 12 heteroatoms. The lowest BCUT2D eigenvalue weighted by molar-refractivity contribution is -0.141. The van der Waals surface area contributed by atoms with E-state index in [1.165, 1.54) is 4.31 Å². The van der Waals surface area contributed by atoms with Crippen LogP contribution < -0.4 is 4.74 Å². The molecule has 2 amide bonds. The molecule has 0 atom stereocenters. The van der Waals surface area contributed by atoms with Crippen LogP contribution in [-0.4, -0.2) is 72.6 Å². The third kappa shape index (κ3) is 6.24. The Labute approximate surface area is 272 Å². The first-order valence-corrected chi connectivity index (χ1v) is 16.3. The smallest absolute Gasteiger partial charge is 0.271 e. The second-order valence-corrected chi connectivity index (χ2v) is 12.9. The van der Waals surface area contributed by atoms with Gasteiger partial charge in [0, 0.05) is 36.0 Å². The molecule has 0 spiro atoms. The highest BCUT2D eigenvalue weighted by Crippen LogP contribution is 2.33. The Morgan fingerprint density at radius 2 is 1.70 bits per heavy atom. The standard InChI is InChI=1S/C35H31N5O6S/c1-24-31(34(41)39(35(42)32(24)21-36)22-25-11-13-29(45-2)14-12-25)20-27-23-40(28-8-4-3-5-9-28)37-33(27)26-7-6-10-30(19-26)47(43,44)38-15-17-46-18-16-38/h3-14,19-20,23H,15-18,22H2,1-2H3/b31-20+. The summed E-state index contributed by atoms with van der Waals surface area (Å²) in [6, 6.07) is 24.8. The quantitative estimate of drug-likeness (QED) is 0.203. The number of hydrogen-bond donors (Lipinski definition) is 0. The Morgan fingerprint density at radius 1 is 0.979 bits per heavy atom. The Bertz CT molecular complexity index is 2050. The lowest BCUT2D eigenvalue weighted by Crippen LogP contribution is -2.42. The number of imide groups is 1. The van der Waals surface area contributed by atoms with Gasteiger partial charge in [-0.25, -0.2) is 13.1 Å². The van der Waals surface area contributed by atoms with E-state index in [0.29, 0.717) is 41.3 Å². The van der Waals surface area contributed by atoms with Gasteiger partial charge in [0.1, 0.15) is 23.1 Å². The molecule has 6 rings (SSSR count). The van der Waals surface area contributed by atoms with Gasteiger partial charge in [-0.3, -0.25) is 14.5 Å². The zero-order valence-electron chi connectivity index (χ0n) is 25.8. The van der Waals surface area contributed by atoms with Crippen LogP contribution in [0.15, 0.2) is 107 Å². The molecule has 0 unspecified atom stereocenters. The minimum absolute atomic E-state index is 0.0466. The van der Waals surface area contributed by atoms with Crippen molar-refractivity contribution < 1.29 is 27.5 Å². The molecule has 1 saturated heterocycles. The van der Waals surface area contributed by atoms with E-state index in [-0.39, 0.29) is 41.2 Å². The summed E-state index contributed by atoms with van der Waals surface area (Å²) in [7, 11) is -2.25. The summed E-state index contributed by atoms with van der Waals surface area (Å²) in [6.07, 6.45) is 3.34. The van der Waals surface area contributed by atoms with E-state index in [4.69, 9.17) is 14.6 Å². The number of methoxy groups -OCH3 is 1. The van der Waals surface area contributed by atoms with Gasteiger partial charge < -0.3 is 9.47 Å². The minimum atomic E-state index is -3.80. The molecule has 3 aromatic carbocycles. The number of hydrogen-bond acceptors (Lipinski definition) is 8. The van der Waals surface area contributed by atoms with Crippen molar-refractivity contribution in [2.75, 3.05) is 33.4 Å². The summed E-state index contributed by atoms with van der Waals surface area (Å²) in [5.41, 5.74) is 3.10. The highest BCUT2D eigenvalue weighted by Gasteiger charge is 2.36. The average Bonchev–Trinajstić information content (AvgIpc) is 3.54. The summed E-state index contributed by atoms with van der Waals surface area (Å²) in [4.78, 5) is 28.5. The molecule has 0 radical (unpaired) electrons. The molecular formula is C35H31N5O6S. The van der Waals surface area contributed by atoms with Gasteiger partial charge in [-0.05, 0) is 60.5 Å². The molecule has 0 saturated carbocycles. The van der Waals surface area contributed by atoms with Crippen LogP contribution in [0.5, 0.6) is 5.75 Å². The number of nitrogens with zero attached hydrogens (tertiary/aromatic N) is 5. The van der Waals surface area contributed by atoms with E-state index in [9.17, 15) is 23.3 Å². The van der Waals surface area contributed by atoms with Crippen molar-refractivity contribution in [2.45, 2.75) is 18.4 Å². The van der Waals surface area contributed by atoms with E-state index in [0.717, 1.165) is 10.6 Å². The molecule has 2 aliphatic rings. The first-order chi connectivity index (χ1) is 22.7. The SMILES string of the molecule is COc1ccc(CN2C(=O)C(C#N)=C(C)/C(=C\c3cn(-c4ccccc4)nc3-c3cccc(S(=O)(=O)N4CCOCC4)c3)C2=O)cc1. The zero-order valence-corrected chi connectivity index (χ0v) is 26.6. The van der Waals surface area contributed by atoms with Gasteiger partial charge in [0.25, 0.3) is 11.8 Å². The summed E-state index contributed by atoms with van der Waals surface area (Å²) < 4.78 is 40.6. The maximum atomic E-state index is 14.0. The van der Waals surface area contributed by atoms with Gasteiger partial charge >= 0.3 is 0 Å². The fourth-order valence-electron chi connectivity index (χ4n) is 5.51. The van der Waals surface area contributed by atoms with E-state index in [1.54, 1.807) is 79.5 Å². The minimum Gasteiger partial charge on any atom is -0.497 e. The first kappa shape index (κ1) is 31.6. The molecule has 11 nitrogen and oxygen atoms in total. The molecule has 3 heterocycles. The summed E-state index contributed by atoms with van der Waals surface area (Å²) in [5.74, 6) is -0.613. The Morgan fingerprint density at radius 3 is 2.38 bits per heavy atom. The van der Waals surface area contributed by atoms with Gasteiger partial charge in [0.2, 0.25) is 10.0 Å². The molecule has 2 aliphatic heterocycles. The summed E-state index contributed by atoms with van der Waals surface area (Å²) in [6.45, 7) is 2.68. The third-order valence-electron chi connectivity index (χ3n) is 8.10. The topological polar surface area (TPSA) is 135 Å². The van der Waals surface area contributed by atoms with Gasteiger partial charge in [-0.1, -0.05) is 42.5 Å². The van der Waals surface area contributed by atoms with Crippen molar-refractivity contribution in [1.82, 2.24) is 19.0 Å². The van der Waals surface area contributed by atoms with Gasteiger partial charge in [0.05, 0.1) is 37.5 Å². The van der Waals surface area contributed by atoms with Crippen molar-refractivity contribution in [3.63, 3.8) is 0 Å². The van der Waals surface area contributed by atoms with Crippen molar-refractivity contribution in [2.24, 2.45) is 0 Å². The Hall–Kier alpha value is -5.35. The normalized spacial score (nSPS) is 16.9. The van der Waals surface area contributed by atoms with Crippen LogP contribution in [0, 0.1) is 11.3 Å². The van der Waals surface area contributed by atoms with Crippen molar-refractivity contribution in [1.29, 1.82) is 5.26 Å². The fraction of sp³-hybridized carbons (Fsp3) is 0.200. The van der Waals surface area contributed by atoms with Gasteiger partial charge in [-0.2, -0.15) is 14.7 Å². The summed E-state index contributed by atoms with van der Waals surface area (Å²) >= 11 is 0. The number of ether oxygens (including phenoxy) is 2. The predicted octanol–water partition coefficient (Wildman–Crippen LogP) is 4.36. The van der Waals surface area contributed by atoms with Crippen molar-refractivity contribution in [3.05, 3.63) is 113 Å². The second kappa shape index (κ2) is 13.2. The number of para-hydroxylation sites is 1. The van der Waals surface area contributed by atoms with Crippen molar-refractivity contribution in [3.8, 4) is 28.8 Å². The molecule has 238 valence electrons. The van der Waals surface area contributed by atoms with Gasteiger partial charge in [0.15, 0.2) is 0 Å². The van der Waals surface area contributed by atoms with Crippen molar-refractivity contribution >= 4 is 27.9 Å². The monoisotopic (exact) mass is 649 g/mol. The number of carbonyl (C=O) groups is 2. The number of benzene rings is 3. The molecule has 0 N–H and O–H groups in total. The Balaban J connectivity index is 1.46.